The molecule has 60 valence electrons. The zero-order valence-electron chi connectivity index (χ0n) is 7.00. The van der Waals surface area contributed by atoms with Gasteiger partial charge in [0, 0.05) is 26.7 Å². The highest BCUT2D eigenvalue weighted by Gasteiger charge is 2.20. The monoisotopic (exact) mass is 144 g/mol. The molecule has 1 heterocycles. The lowest BCUT2D eigenvalue weighted by molar-refractivity contribution is -0.0622. The van der Waals surface area contributed by atoms with Gasteiger partial charge in [-0.15, -0.1) is 0 Å². The van der Waals surface area contributed by atoms with Gasteiger partial charge in [-0.25, -0.2) is 0 Å². The van der Waals surface area contributed by atoms with Gasteiger partial charge in [-0.05, 0) is 14.1 Å². The van der Waals surface area contributed by atoms with Gasteiger partial charge < -0.3 is 9.64 Å². The molecule has 1 saturated heterocycles. The molecule has 0 aromatic rings. The predicted molar refractivity (Wildman–Crippen MR) is 40.9 cm³/mol. The Balaban J connectivity index is 2.38. The third-order valence-corrected chi connectivity index (χ3v) is 2.07. The fourth-order valence-electron chi connectivity index (χ4n) is 1.22. The first-order valence-electron chi connectivity index (χ1n) is 3.65. The largest absolute Gasteiger partial charge is 0.365 e. The number of nitrogens with zero attached hydrogens (tertiary/aromatic N) is 2. The Morgan fingerprint density at radius 2 is 2.00 bits per heavy atom. The molecule has 0 aromatic carbocycles. The molecule has 0 spiro atoms. The van der Waals surface area contributed by atoms with Crippen molar-refractivity contribution in [3.63, 3.8) is 0 Å². The molecule has 1 rings (SSSR count). The van der Waals surface area contributed by atoms with Crippen molar-refractivity contribution >= 4 is 0 Å². The molecule has 10 heavy (non-hydrogen) atoms. The van der Waals surface area contributed by atoms with E-state index in [0.717, 1.165) is 19.6 Å². The second kappa shape index (κ2) is 3.32. The van der Waals surface area contributed by atoms with E-state index in [9.17, 15) is 0 Å². The molecule has 1 aliphatic rings. The highest BCUT2D eigenvalue weighted by atomic mass is 16.5. The summed E-state index contributed by atoms with van der Waals surface area (Å²) in [6, 6.07) is 0. The topological polar surface area (TPSA) is 15.7 Å². The summed E-state index contributed by atoms with van der Waals surface area (Å²) in [4.78, 5) is 4.52. The van der Waals surface area contributed by atoms with Crippen LogP contribution in [0.25, 0.3) is 0 Å². The molecule has 0 N–H and O–H groups in total. The number of hydrogen-bond donors (Lipinski definition) is 0. The molecule has 0 bridgehead atoms. The summed E-state index contributed by atoms with van der Waals surface area (Å²) in [7, 11) is 5.99. The van der Waals surface area contributed by atoms with E-state index in [4.69, 9.17) is 4.74 Å². The third-order valence-electron chi connectivity index (χ3n) is 2.07. The van der Waals surface area contributed by atoms with Crippen molar-refractivity contribution in [1.82, 2.24) is 9.80 Å². The second-order valence-electron chi connectivity index (χ2n) is 2.93. The van der Waals surface area contributed by atoms with E-state index < -0.39 is 0 Å². The molecular formula is C7H16N2O. The van der Waals surface area contributed by atoms with Crippen LogP contribution in [0.5, 0.6) is 0 Å². The van der Waals surface area contributed by atoms with Crippen molar-refractivity contribution < 1.29 is 4.74 Å². The molecule has 1 aliphatic heterocycles. The molecule has 0 amide bonds. The Bertz CT molecular complexity index is 108. The van der Waals surface area contributed by atoms with E-state index >= 15 is 0 Å². The smallest absolute Gasteiger partial charge is 0.122 e. The highest BCUT2D eigenvalue weighted by molar-refractivity contribution is 4.70. The van der Waals surface area contributed by atoms with Gasteiger partial charge in [-0.3, -0.25) is 4.90 Å². The second-order valence-corrected chi connectivity index (χ2v) is 2.93. The lowest BCUT2D eigenvalue weighted by Crippen LogP contribution is -2.50. The van der Waals surface area contributed by atoms with Crippen molar-refractivity contribution in [2.24, 2.45) is 0 Å². The molecule has 1 fully saturated rings. The number of rotatable bonds is 1. The van der Waals surface area contributed by atoms with Crippen LogP contribution >= 0.6 is 0 Å². The van der Waals surface area contributed by atoms with Crippen LogP contribution in [0, 0.1) is 0 Å². The van der Waals surface area contributed by atoms with Crippen LogP contribution in [-0.2, 0) is 4.74 Å². The Morgan fingerprint density at radius 1 is 1.30 bits per heavy atom. The molecular weight excluding hydrogens is 128 g/mol. The lowest BCUT2D eigenvalue weighted by Gasteiger charge is -2.36. The minimum absolute atomic E-state index is 0.291. The van der Waals surface area contributed by atoms with Crippen LogP contribution in [0.3, 0.4) is 0 Å². The van der Waals surface area contributed by atoms with Crippen molar-refractivity contribution in [1.29, 1.82) is 0 Å². The number of piperazine rings is 1. The fraction of sp³-hybridized carbons (Fsp3) is 1.00. The Kier molecular flexibility index (Phi) is 2.65. The van der Waals surface area contributed by atoms with E-state index in [2.05, 4.69) is 23.9 Å². The van der Waals surface area contributed by atoms with Crippen LogP contribution in [0.15, 0.2) is 0 Å². The summed E-state index contributed by atoms with van der Waals surface area (Å²) in [6.45, 7) is 3.28. The summed E-state index contributed by atoms with van der Waals surface area (Å²) in [5.74, 6) is 0. The van der Waals surface area contributed by atoms with Gasteiger partial charge in [-0.1, -0.05) is 0 Å². The van der Waals surface area contributed by atoms with Gasteiger partial charge >= 0.3 is 0 Å². The van der Waals surface area contributed by atoms with Gasteiger partial charge in [0.1, 0.15) is 6.23 Å². The van der Waals surface area contributed by atoms with E-state index in [0.29, 0.717) is 6.23 Å². The summed E-state index contributed by atoms with van der Waals surface area (Å²) in [5, 5.41) is 0. The summed E-state index contributed by atoms with van der Waals surface area (Å²) >= 11 is 0. The molecule has 0 saturated carbocycles. The third kappa shape index (κ3) is 1.68. The van der Waals surface area contributed by atoms with Crippen LogP contribution in [0.4, 0.5) is 0 Å². The van der Waals surface area contributed by atoms with Crippen LogP contribution < -0.4 is 0 Å². The minimum atomic E-state index is 0.291. The summed E-state index contributed by atoms with van der Waals surface area (Å²) in [5.41, 5.74) is 0. The first-order chi connectivity index (χ1) is 4.74. The average molecular weight is 144 g/mol. The molecule has 0 unspecified atom stereocenters. The van der Waals surface area contributed by atoms with E-state index in [1.54, 1.807) is 7.11 Å². The maximum atomic E-state index is 5.26. The Morgan fingerprint density at radius 3 is 2.50 bits per heavy atom. The average Bonchev–Trinajstić information content (AvgIpc) is 1.94. The molecule has 3 heteroatoms. The molecule has 1 atom stereocenters. The maximum absolute atomic E-state index is 5.26. The SMILES string of the molecule is CO[C@H]1CN(C)CCN1C. The number of hydrogen-bond acceptors (Lipinski definition) is 3. The quantitative estimate of drug-likeness (QED) is 0.508. The first kappa shape index (κ1) is 7.98. The van der Waals surface area contributed by atoms with Gasteiger partial charge in [0.05, 0.1) is 0 Å². The van der Waals surface area contributed by atoms with Crippen LogP contribution in [0.1, 0.15) is 0 Å². The summed E-state index contributed by atoms with van der Waals surface area (Å²) < 4.78 is 5.26. The number of likely N-dealkylation sites (N-methyl/N-ethyl adjacent to an activating group) is 2. The van der Waals surface area contributed by atoms with Crippen molar-refractivity contribution in [2.45, 2.75) is 6.23 Å². The number of methoxy groups -OCH3 is 1. The van der Waals surface area contributed by atoms with Crippen molar-refractivity contribution in [3.05, 3.63) is 0 Å². The van der Waals surface area contributed by atoms with E-state index in [1.165, 1.54) is 0 Å². The minimum Gasteiger partial charge on any atom is -0.365 e. The van der Waals surface area contributed by atoms with Gasteiger partial charge in [0.2, 0.25) is 0 Å². The van der Waals surface area contributed by atoms with E-state index in [1.807, 2.05) is 0 Å². The van der Waals surface area contributed by atoms with Crippen molar-refractivity contribution in [2.75, 3.05) is 40.8 Å². The predicted octanol–water partition coefficient (Wildman–Crippen LogP) is -0.164. The zero-order chi connectivity index (χ0) is 7.56. The van der Waals surface area contributed by atoms with Crippen molar-refractivity contribution in [3.8, 4) is 0 Å². The Labute approximate surface area is 62.6 Å². The normalized spacial score (nSPS) is 30.9. The first-order valence-corrected chi connectivity index (χ1v) is 3.65. The van der Waals surface area contributed by atoms with Crippen LogP contribution in [-0.4, -0.2) is 56.9 Å². The fourth-order valence-corrected chi connectivity index (χ4v) is 1.22. The van der Waals surface area contributed by atoms with Gasteiger partial charge in [0.25, 0.3) is 0 Å². The lowest BCUT2D eigenvalue weighted by atomic mass is 10.3. The van der Waals surface area contributed by atoms with Crippen LogP contribution in [0.2, 0.25) is 0 Å². The number of ether oxygens (including phenoxy) is 1. The standard InChI is InChI=1S/C7H16N2O/c1-8-4-5-9(2)7(6-8)10-3/h7H,4-6H2,1-3H3/t7-/m0/s1. The molecule has 0 aromatic heterocycles. The summed E-state index contributed by atoms with van der Waals surface area (Å²) in [6.07, 6.45) is 0.291. The van der Waals surface area contributed by atoms with E-state index in [-0.39, 0.29) is 0 Å². The highest BCUT2D eigenvalue weighted by Crippen LogP contribution is 2.04. The molecule has 0 radical (unpaired) electrons. The van der Waals surface area contributed by atoms with Gasteiger partial charge in [-0.2, -0.15) is 0 Å². The molecule has 0 aliphatic carbocycles. The maximum Gasteiger partial charge on any atom is 0.122 e. The Hall–Kier alpha value is -0.120. The zero-order valence-corrected chi connectivity index (χ0v) is 7.00. The molecule has 3 nitrogen and oxygen atoms in total. The van der Waals surface area contributed by atoms with Gasteiger partial charge in [0.15, 0.2) is 0 Å².